The average Bonchev–Trinajstić information content (AvgIpc) is 3.59. The Kier molecular flexibility index (Phi) is 6.18. The molecule has 0 radical (unpaired) electrons. The van der Waals surface area contributed by atoms with Gasteiger partial charge in [-0.1, -0.05) is 18.7 Å². The molecule has 196 valence electrons. The highest BCUT2D eigenvalue weighted by atomic mass is 16.2. The highest BCUT2D eigenvalue weighted by Gasteiger charge is 2.33. The first-order valence-corrected chi connectivity index (χ1v) is 13.1. The van der Waals surface area contributed by atoms with E-state index in [0.29, 0.717) is 52.6 Å². The third-order valence-electron chi connectivity index (χ3n) is 7.53. The summed E-state index contributed by atoms with van der Waals surface area (Å²) < 4.78 is 1.89. The fourth-order valence-corrected chi connectivity index (χ4v) is 5.67. The van der Waals surface area contributed by atoms with Gasteiger partial charge in [0.15, 0.2) is 5.78 Å². The van der Waals surface area contributed by atoms with Crippen LogP contribution in [-0.4, -0.2) is 43.4 Å². The van der Waals surface area contributed by atoms with Crippen LogP contribution in [0.15, 0.2) is 67.5 Å². The van der Waals surface area contributed by atoms with Gasteiger partial charge >= 0.3 is 0 Å². The van der Waals surface area contributed by atoms with E-state index in [9.17, 15) is 14.4 Å². The van der Waals surface area contributed by atoms with E-state index in [0.717, 1.165) is 36.8 Å². The standard InChI is InChI=1S/C30H28N6O3/c1-2-25(38)35-14-5-9-23(35)29-34-26(27-28(31)32-13-15-36(27)29)19-7-3-8-20(16-19)30(39)33-21-11-12-22-18(17-21)6-4-10-24(22)37/h2-3,7-8,11-13,15-17,23H,1,4-6,9-10,14H2,(H2,31,32)(H,33,39)/t23-/m0/s1. The maximum atomic E-state index is 13.2. The van der Waals surface area contributed by atoms with Crippen molar-refractivity contribution in [2.24, 2.45) is 0 Å². The number of rotatable bonds is 5. The second-order valence-corrected chi connectivity index (χ2v) is 9.93. The van der Waals surface area contributed by atoms with E-state index in [4.69, 9.17) is 10.7 Å². The summed E-state index contributed by atoms with van der Waals surface area (Å²) in [5.41, 5.74) is 11.1. The van der Waals surface area contributed by atoms with E-state index in [-0.39, 0.29) is 23.6 Å². The van der Waals surface area contributed by atoms with E-state index in [1.165, 1.54) is 6.08 Å². The molecule has 0 unspecified atom stereocenters. The first kappa shape index (κ1) is 24.5. The molecular formula is C30H28N6O3. The highest BCUT2D eigenvalue weighted by molar-refractivity contribution is 6.06. The Morgan fingerprint density at radius 2 is 2.00 bits per heavy atom. The van der Waals surface area contributed by atoms with Crippen molar-refractivity contribution >= 4 is 34.6 Å². The van der Waals surface area contributed by atoms with E-state index in [1.807, 2.05) is 16.5 Å². The summed E-state index contributed by atoms with van der Waals surface area (Å²) >= 11 is 0. The van der Waals surface area contributed by atoms with Crippen LogP contribution in [0.4, 0.5) is 11.5 Å². The lowest BCUT2D eigenvalue weighted by Gasteiger charge is -2.22. The van der Waals surface area contributed by atoms with Gasteiger partial charge in [-0.2, -0.15) is 0 Å². The number of anilines is 2. The zero-order chi connectivity index (χ0) is 27.1. The minimum absolute atomic E-state index is 0.136. The van der Waals surface area contributed by atoms with Gasteiger partial charge in [0.2, 0.25) is 5.91 Å². The van der Waals surface area contributed by atoms with E-state index < -0.39 is 0 Å². The largest absolute Gasteiger partial charge is 0.382 e. The second-order valence-electron chi connectivity index (χ2n) is 9.93. The fraction of sp³-hybridized carbons (Fsp3) is 0.233. The Bertz CT molecular complexity index is 1660. The van der Waals surface area contributed by atoms with E-state index in [1.54, 1.807) is 47.6 Å². The normalized spacial score (nSPS) is 16.8. The Balaban J connectivity index is 1.35. The SMILES string of the molecule is C=CC(=O)N1CCC[C@H]1c1nc(-c2cccc(C(=O)Nc3ccc4c(c3)CCCC4=O)c2)c2c(N)nccn12. The molecule has 6 rings (SSSR count). The summed E-state index contributed by atoms with van der Waals surface area (Å²) in [6.07, 6.45) is 8.59. The number of hydrogen-bond donors (Lipinski definition) is 2. The number of nitrogens with two attached hydrogens (primary N) is 1. The van der Waals surface area contributed by atoms with Crippen LogP contribution >= 0.6 is 0 Å². The zero-order valence-corrected chi connectivity index (χ0v) is 21.4. The maximum absolute atomic E-state index is 13.2. The van der Waals surface area contributed by atoms with Crippen LogP contribution in [0, 0.1) is 0 Å². The number of nitrogen functional groups attached to an aromatic ring is 1. The molecule has 1 saturated heterocycles. The van der Waals surface area contributed by atoms with Crippen molar-refractivity contribution in [1.82, 2.24) is 19.3 Å². The third-order valence-corrected chi connectivity index (χ3v) is 7.53. The molecule has 2 aromatic heterocycles. The van der Waals surface area contributed by atoms with Crippen LogP contribution in [0.3, 0.4) is 0 Å². The molecule has 4 aromatic rings. The van der Waals surface area contributed by atoms with E-state index >= 15 is 0 Å². The van der Waals surface area contributed by atoms with Crippen molar-refractivity contribution in [2.75, 3.05) is 17.6 Å². The summed E-state index contributed by atoms with van der Waals surface area (Å²) in [7, 11) is 0. The van der Waals surface area contributed by atoms with Gasteiger partial charge in [0.05, 0.1) is 6.04 Å². The summed E-state index contributed by atoms with van der Waals surface area (Å²) in [6.45, 7) is 4.27. The molecule has 2 aromatic carbocycles. The molecule has 3 heterocycles. The molecule has 1 fully saturated rings. The minimum atomic E-state index is -0.271. The number of carbonyl (C=O) groups excluding carboxylic acids is 3. The van der Waals surface area contributed by atoms with Crippen LogP contribution in [0.5, 0.6) is 0 Å². The number of aryl methyl sites for hydroxylation is 1. The third kappa shape index (κ3) is 4.35. The molecule has 1 aliphatic heterocycles. The van der Waals surface area contributed by atoms with Gasteiger partial charge in [-0.3, -0.25) is 18.8 Å². The Hall–Kier alpha value is -4.79. The molecule has 2 aliphatic rings. The second kappa shape index (κ2) is 9.83. The number of nitrogens with zero attached hydrogens (tertiary/aromatic N) is 4. The molecule has 0 bridgehead atoms. The average molecular weight is 521 g/mol. The van der Waals surface area contributed by atoms with Gasteiger partial charge in [-0.25, -0.2) is 9.97 Å². The predicted octanol–water partition coefficient (Wildman–Crippen LogP) is 4.60. The molecule has 0 spiro atoms. The fourth-order valence-electron chi connectivity index (χ4n) is 5.67. The van der Waals surface area contributed by atoms with Crippen molar-refractivity contribution in [3.8, 4) is 11.3 Å². The smallest absolute Gasteiger partial charge is 0.255 e. The molecule has 1 atom stereocenters. The molecule has 9 nitrogen and oxygen atoms in total. The predicted molar refractivity (Wildman–Crippen MR) is 148 cm³/mol. The number of likely N-dealkylation sites (tertiary alicyclic amines) is 1. The summed E-state index contributed by atoms with van der Waals surface area (Å²) in [4.78, 5) is 48.9. The lowest BCUT2D eigenvalue weighted by Crippen LogP contribution is -2.29. The summed E-state index contributed by atoms with van der Waals surface area (Å²) in [6, 6.07) is 12.4. The minimum Gasteiger partial charge on any atom is -0.382 e. The monoisotopic (exact) mass is 520 g/mol. The van der Waals surface area contributed by atoms with E-state index in [2.05, 4.69) is 16.9 Å². The molecule has 39 heavy (non-hydrogen) atoms. The lowest BCUT2D eigenvalue weighted by molar-refractivity contribution is -0.127. The number of imidazole rings is 1. The molecule has 2 amide bonds. The van der Waals surface area contributed by atoms with Gasteiger partial charge in [-0.15, -0.1) is 0 Å². The molecular weight excluding hydrogens is 492 g/mol. The zero-order valence-electron chi connectivity index (χ0n) is 21.4. The van der Waals surface area contributed by atoms with Crippen molar-refractivity contribution in [1.29, 1.82) is 0 Å². The van der Waals surface area contributed by atoms with Crippen molar-refractivity contribution in [3.05, 3.63) is 90.0 Å². The quantitative estimate of drug-likeness (QED) is 0.371. The van der Waals surface area contributed by atoms with Gasteiger partial charge < -0.3 is 16.0 Å². The number of aromatic nitrogens is 3. The Morgan fingerprint density at radius 3 is 2.85 bits per heavy atom. The van der Waals surface area contributed by atoms with Crippen molar-refractivity contribution in [2.45, 2.75) is 38.1 Å². The first-order valence-electron chi connectivity index (χ1n) is 13.1. The number of amides is 2. The first-order chi connectivity index (χ1) is 18.9. The van der Waals surface area contributed by atoms with Gasteiger partial charge in [0.1, 0.15) is 22.9 Å². The van der Waals surface area contributed by atoms with Crippen LogP contribution in [0.2, 0.25) is 0 Å². The number of ketones is 1. The number of carbonyl (C=O) groups is 3. The van der Waals surface area contributed by atoms with Crippen molar-refractivity contribution in [3.63, 3.8) is 0 Å². The lowest BCUT2D eigenvalue weighted by atomic mass is 9.90. The van der Waals surface area contributed by atoms with Gasteiger partial charge in [-0.05, 0) is 67.7 Å². The van der Waals surface area contributed by atoms with Crippen LogP contribution in [0.25, 0.3) is 16.8 Å². The molecule has 9 heteroatoms. The topological polar surface area (TPSA) is 123 Å². The summed E-state index contributed by atoms with van der Waals surface area (Å²) in [5.74, 6) is 0.747. The molecule has 3 N–H and O–H groups in total. The Labute approximate surface area is 225 Å². The molecule has 1 aliphatic carbocycles. The number of nitrogens with one attached hydrogen (secondary N) is 1. The summed E-state index contributed by atoms with van der Waals surface area (Å²) in [5, 5.41) is 2.96. The van der Waals surface area contributed by atoms with Crippen molar-refractivity contribution < 1.29 is 14.4 Å². The Morgan fingerprint density at radius 1 is 1.13 bits per heavy atom. The van der Waals surface area contributed by atoms with Gasteiger partial charge in [0.25, 0.3) is 5.91 Å². The highest BCUT2D eigenvalue weighted by Crippen LogP contribution is 2.36. The maximum Gasteiger partial charge on any atom is 0.255 e. The number of fused-ring (bicyclic) bond motifs is 2. The number of hydrogen-bond acceptors (Lipinski definition) is 6. The number of Topliss-reactive ketones (excluding diaryl/α,β-unsaturated/α-hetero) is 1. The van der Waals surface area contributed by atoms with Gasteiger partial charge in [0, 0.05) is 47.7 Å². The van der Waals surface area contributed by atoms with Crippen LogP contribution in [0.1, 0.15) is 63.8 Å². The number of benzene rings is 2. The molecule has 0 saturated carbocycles. The van der Waals surface area contributed by atoms with Crippen LogP contribution in [-0.2, 0) is 11.2 Å². The van der Waals surface area contributed by atoms with Crippen LogP contribution < -0.4 is 11.1 Å².